The van der Waals surface area contributed by atoms with Crippen LogP contribution in [0.3, 0.4) is 0 Å². The molecular weight excluding hydrogens is 318 g/mol. The third-order valence-corrected chi connectivity index (χ3v) is 4.65. The highest BCUT2D eigenvalue weighted by Gasteiger charge is 2.18. The molecule has 0 saturated carbocycles. The Morgan fingerprint density at radius 1 is 0.731 bits per heavy atom. The Morgan fingerprint density at radius 2 is 1.27 bits per heavy atom. The molecular formula is C23H35N3. The first kappa shape index (κ1) is 20.3. The van der Waals surface area contributed by atoms with Crippen molar-refractivity contribution < 1.29 is 0 Å². The Labute approximate surface area is 159 Å². The van der Waals surface area contributed by atoms with Crippen LogP contribution in [0.15, 0.2) is 48.8 Å². The number of aromatic nitrogens is 1. The molecule has 1 aromatic carbocycles. The lowest BCUT2D eigenvalue weighted by Gasteiger charge is -2.25. The first-order valence-corrected chi connectivity index (χ1v) is 9.70. The Hall–Kier alpha value is -2.03. The summed E-state index contributed by atoms with van der Waals surface area (Å²) in [6.07, 6.45) is 7.04. The summed E-state index contributed by atoms with van der Waals surface area (Å²) in [5, 5.41) is 7.01. The standard InChI is InChI=1S/C23H35N3/c1-22(2,3)12-16-25-20-8-6-19(7-9-20)18-23(4,5)13-17-26-21-10-14-24-15-11-21/h6-11,14-15,25H,12-13,16-18H2,1-5H3,(H,24,26). The van der Waals surface area contributed by atoms with Gasteiger partial charge in [0.05, 0.1) is 0 Å². The van der Waals surface area contributed by atoms with E-state index in [1.807, 2.05) is 24.5 Å². The molecule has 2 N–H and O–H groups in total. The molecule has 0 atom stereocenters. The number of hydrogen-bond donors (Lipinski definition) is 2. The molecule has 0 saturated heterocycles. The first-order valence-electron chi connectivity index (χ1n) is 9.70. The van der Waals surface area contributed by atoms with Crippen molar-refractivity contribution in [2.24, 2.45) is 10.8 Å². The predicted octanol–water partition coefficient (Wildman–Crippen LogP) is 6.00. The largest absolute Gasteiger partial charge is 0.385 e. The van der Waals surface area contributed by atoms with Crippen LogP contribution in [0.4, 0.5) is 11.4 Å². The number of anilines is 2. The minimum atomic E-state index is 0.265. The van der Waals surface area contributed by atoms with Crippen LogP contribution < -0.4 is 10.6 Å². The number of nitrogens with zero attached hydrogens (tertiary/aromatic N) is 1. The van der Waals surface area contributed by atoms with Crippen LogP contribution in [-0.4, -0.2) is 18.1 Å². The molecule has 26 heavy (non-hydrogen) atoms. The van der Waals surface area contributed by atoms with Gasteiger partial charge in [-0.3, -0.25) is 4.98 Å². The summed E-state index contributed by atoms with van der Waals surface area (Å²) < 4.78 is 0. The van der Waals surface area contributed by atoms with Crippen LogP contribution in [0.2, 0.25) is 0 Å². The van der Waals surface area contributed by atoms with Crippen LogP contribution in [-0.2, 0) is 6.42 Å². The number of hydrogen-bond acceptors (Lipinski definition) is 3. The zero-order valence-electron chi connectivity index (χ0n) is 17.1. The van der Waals surface area contributed by atoms with Crippen molar-refractivity contribution in [3.8, 4) is 0 Å². The normalized spacial score (nSPS) is 12.0. The zero-order valence-corrected chi connectivity index (χ0v) is 17.1. The number of benzene rings is 1. The monoisotopic (exact) mass is 353 g/mol. The summed E-state index contributed by atoms with van der Waals surface area (Å²) in [7, 11) is 0. The van der Waals surface area contributed by atoms with Gasteiger partial charge in [-0.15, -0.1) is 0 Å². The molecule has 0 radical (unpaired) electrons. The fourth-order valence-corrected chi connectivity index (χ4v) is 2.98. The molecule has 1 aromatic heterocycles. The molecule has 0 unspecified atom stereocenters. The quantitative estimate of drug-likeness (QED) is 0.580. The molecule has 0 amide bonds. The molecule has 3 nitrogen and oxygen atoms in total. The minimum Gasteiger partial charge on any atom is -0.385 e. The second-order valence-corrected chi connectivity index (χ2v) is 9.19. The zero-order chi connectivity index (χ0) is 19.0. The molecule has 1 heterocycles. The van der Waals surface area contributed by atoms with Crippen molar-refractivity contribution in [3.63, 3.8) is 0 Å². The van der Waals surface area contributed by atoms with Gasteiger partial charge in [-0.25, -0.2) is 0 Å². The molecule has 0 fully saturated rings. The highest BCUT2D eigenvalue weighted by Crippen LogP contribution is 2.27. The Morgan fingerprint density at radius 3 is 1.85 bits per heavy atom. The van der Waals surface area contributed by atoms with Gasteiger partial charge in [0.1, 0.15) is 0 Å². The second kappa shape index (κ2) is 9.07. The van der Waals surface area contributed by atoms with E-state index in [0.29, 0.717) is 5.41 Å². The molecule has 142 valence electrons. The number of pyridine rings is 1. The molecule has 0 aliphatic carbocycles. The molecule has 0 spiro atoms. The van der Waals surface area contributed by atoms with Gasteiger partial charge in [0.2, 0.25) is 0 Å². The second-order valence-electron chi connectivity index (χ2n) is 9.19. The van der Waals surface area contributed by atoms with Crippen molar-refractivity contribution >= 4 is 11.4 Å². The molecule has 2 aromatic rings. The highest BCUT2D eigenvalue weighted by atomic mass is 14.9. The van der Waals surface area contributed by atoms with Crippen LogP contribution in [0.5, 0.6) is 0 Å². The SMILES string of the molecule is CC(C)(C)CCNc1ccc(CC(C)(C)CCNc2ccncc2)cc1. The summed E-state index contributed by atoms with van der Waals surface area (Å²) in [4.78, 5) is 4.05. The minimum absolute atomic E-state index is 0.265. The van der Waals surface area contributed by atoms with E-state index in [-0.39, 0.29) is 5.41 Å². The van der Waals surface area contributed by atoms with Crippen molar-refractivity contribution in [1.82, 2.24) is 4.98 Å². The van der Waals surface area contributed by atoms with Crippen molar-refractivity contribution in [2.75, 3.05) is 23.7 Å². The molecule has 0 bridgehead atoms. The summed E-state index contributed by atoms with van der Waals surface area (Å²) in [6, 6.07) is 13.0. The fraction of sp³-hybridized carbons (Fsp3) is 0.522. The predicted molar refractivity (Wildman–Crippen MR) is 114 cm³/mol. The average Bonchev–Trinajstić information content (AvgIpc) is 2.56. The summed E-state index contributed by atoms with van der Waals surface area (Å²) in [5.41, 5.74) is 4.40. The lowest BCUT2D eigenvalue weighted by Crippen LogP contribution is -2.19. The molecule has 0 aliphatic heterocycles. The van der Waals surface area contributed by atoms with Crippen LogP contribution in [0.1, 0.15) is 53.0 Å². The Kier molecular flexibility index (Phi) is 7.07. The lowest BCUT2D eigenvalue weighted by molar-refractivity contribution is 0.343. The van der Waals surface area contributed by atoms with Crippen LogP contribution >= 0.6 is 0 Å². The van der Waals surface area contributed by atoms with E-state index in [4.69, 9.17) is 0 Å². The number of nitrogens with one attached hydrogen (secondary N) is 2. The van der Waals surface area contributed by atoms with E-state index in [1.165, 1.54) is 17.7 Å². The topological polar surface area (TPSA) is 37.0 Å². The van der Waals surface area contributed by atoms with Gasteiger partial charge in [0, 0.05) is 36.9 Å². The van der Waals surface area contributed by atoms with Crippen molar-refractivity contribution in [1.29, 1.82) is 0 Å². The van der Waals surface area contributed by atoms with E-state index >= 15 is 0 Å². The first-order chi connectivity index (χ1) is 12.2. The smallest absolute Gasteiger partial charge is 0.0371 e. The van der Waals surface area contributed by atoms with Gasteiger partial charge in [0.15, 0.2) is 0 Å². The van der Waals surface area contributed by atoms with Crippen LogP contribution in [0, 0.1) is 10.8 Å². The average molecular weight is 354 g/mol. The van der Waals surface area contributed by atoms with Gasteiger partial charge in [0.25, 0.3) is 0 Å². The maximum Gasteiger partial charge on any atom is 0.0371 e. The van der Waals surface area contributed by atoms with Crippen molar-refractivity contribution in [2.45, 2.75) is 53.9 Å². The number of rotatable bonds is 9. The van der Waals surface area contributed by atoms with Gasteiger partial charge in [-0.1, -0.05) is 46.8 Å². The summed E-state index contributed by atoms with van der Waals surface area (Å²) in [6.45, 7) is 13.5. The third-order valence-electron chi connectivity index (χ3n) is 4.65. The molecule has 3 heteroatoms. The van der Waals surface area contributed by atoms with E-state index in [2.05, 4.69) is 74.5 Å². The Balaban J connectivity index is 1.77. The van der Waals surface area contributed by atoms with E-state index in [0.717, 1.165) is 31.6 Å². The lowest BCUT2D eigenvalue weighted by atomic mass is 9.82. The Bertz CT molecular complexity index is 639. The summed E-state index contributed by atoms with van der Waals surface area (Å²) >= 11 is 0. The van der Waals surface area contributed by atoms with Gasteiger partial charge < -0.3 is 10.6 Å². The molecule has 0 aliphatic rings. The van der Waals surface area contributed by atoms with Gasteiger partial charge >= 0.3 is 0 Å². The maximum absolute atomic E-state index is 4.05. The maximum atomic E-state index is 4.05. The van der Waals surface area contributed by atoms with Gasteiger partial charge in [-0.2, -0.15) is 0 Å². The molecule has 2 rings (SSSR count). The van der Waals surface area contributed by atoms with Crippen molar-refractivity contribution in [3.05, 3.63) is 54.4 Å². The summed E-state index contributed by atoms with van der Waals surface area (Å²) in [5.74, 6) is 0. The van der Waals surface area contributed by atoms with E-state index < -0.39 is 0 Å². The van der Waals surface area contributed by atoms with Gasteiger partial charge in [-0.05, 0) is 59.9 Å². The van der Waals surface area contributed by atoms with Crippen LogP contribution in [0.25, 0.3) is 0 Å². The third kappa shape index (κ3) is 7.90. The van der Waals surface area contributed by atoms with E-state index in [1.54, 1.807) is 0 Å². The highest BCUT2D eigenvalue weighted by molar-refractivity contribution is 5.44. The fourth-order valence-electron chi connectivity index (χ4n) is 2.98. The van der Waals surface area contributed by atoms with E-state index in [9.17, 15) is 0 Å².